The van der Waals surface area contributed by atoms with Crippen LogP contribution in [-0.4, -0.2) is 21.5 Å². The minimum atomic E-state index is -0.751. The summed E-state index contributed by atoms with van der Waals surface area (Å²) in [6.07, 6.45) is 0.310. The number of benzene rings is 1. The number of rotatable bonds is 5. The minimum absolute atomic E-state index is 0.314. The van der Waals surface area contributed by atoms with Gasteiger partial charge in [-0.2, -0.15) is 4.37 Å². The minimum Gasteiger partial charge on any atom is -0.481 e. The van der Waals surface area contributed by atoms with Crippen LogP contribution in [0.1, 0.15) is 46.9 Å². The summed E-state index contributed by atoms with van der Waals surface area (Å²) < 4.78 is 12.0. The van der Waals surface area contributed by atoms with Crippen molar-refractivity contribution in [3.05, 3.63) is 67.8 Å². The van der Waals surface area contributed by atoms with Gasteiger partial charge < -0.3 is 9.84 Å². The van der Waals surface area contributed by atoms with Crippen LogP contribution in [0.5, 0.6) is 0 Å². The highest BCUT2D eigenvalue weighted by atomic mass is 35.5. The Bertz CT molecular complexity index is 1430. The lowest BCUT2D eigenvalue weighted by Gasteiger charge is -2.13. The van der Waals surface area contributed by atoms with Crippen molar-refractivity contribution >= 4 is 73.0 Å². The highest BCUT2D eigenvalue weighted by Crippen LogP contribution is 2.52. The fourth-order valence-electron chi connectivity index (χ4n) is 3.49. The largest absolute Gasteiger partial charge is 0.481 e. The van der Waals surface area contributed by atoms with Gasteiger partial charge in [-0.15, -0.1) is 22.7 Å². The van der Waals surface area contributed by atoms with Crippen LogP contribution in [0.25, 0.3) is 9.40 Å². The number of carboxylic acids is 1. The number of halogens is 1. The van der Waals surface area contributed by atoms with Gasteiger partial charge in [0.2, 0.25) is 0 Å². The van der Waals surface area contributed by atoms with Crippen LogP contribution in [0, 0.1) is 11.8 Å². The molecule has 0 radical (unpaired) electrons. The maximum absolute atomic E-state index is 12.4. The number of aromatic nitrogens is 1. The van der Waals surface area contributed by atoms with Crippen molar-refractivity contribution in [2.75, 3.05) is 5.32 Å². The molecule has 6 nitrogen and oxygen atoms in total. The molecule has 1 aliphatic carbocycles. The summed E-state index contributed by atoms with van der Waals surface area (Å²) in [6, 6.07) is 13.3. The normalized spacial score (nSPS) is 14.8. The van der Waals surface area contributed by atoms with Gasteiger partial charge in [0, 0.05) is 14.3 Å². The SMILES string of the molecule is CC(OC(=O)Nc1c(C#Cc2cc3sc(C4(C(=O)O)CC4)cc3s2)nsc1Cl)c1ccccc1. The molecule has 0 saturated heterocycles. The molecule has 34 heavy (non-hydrogen) atoms. The van der Waals surface area contributed by atoms with Crippen LogP contribution in [-0.2, 0) is 14.9 Å². The number of hydrogen-bond acceptors (Lipinski definition) is 7. The van der Waals surface area contributed by atoms with Crippen LogP contribution in [0.4, 0.5) is 10.5 Å². The molecule has 10 heteroatoms. The Kier molecular flexibility index (Phi) is 6.08. The first kappa shape index (κ1) is 22.9. The van der Waals surface area contributed by atoms with Crippen LogP contribution >= 0.6 is 45.8 Å². The average molecular weight is 529 g/mol. The number of hydrogen-bond donors (Lipinski definition) is 2. The van der Waals surface area contributed by atoms with E-state index in [-0.39, 0.29) is 0 Å². The van der Waals surface area contributed by atoms with E-state index in [4.69, 9.17) is 16.3 Å². The average Bonchev–Trinajstić information content (AvgIpc) is 3.26. The number of carboxylic acid groups (broad SMARTS) is 1. The Hall–Kier alpha value is -2.90. The number of nitrogens with one attached hydrogen (secondary N) is 1. The van der Waals surface area contributed by atoms with Gasteiger partial charge in [0.05, 0.1) is 4.88 Å². The number of amides is 1. The molecule has 1 unspecified atom stereocenters. The smallest absolute Gasteiger partial charge is 0.412 e. The van der Waals surface area contributed by atoms with Gasteiger partial charge in [-0.25, -0.2) is 4.79 Å². The Morgan fingerprint density at radius 2 is 1.91 bits per heavy atom. The number of anilines is 1. The molecular formula is C24H17ClN2O4S3. The number of aliphatic carboxylic acids is 1. The number of carbonyl (C=O) groups is 2. The van der Waals surface area contributed by atoms with Crippen molar-refractivity contribution in [1.82, 2.24) is 4.37 Å². The summed E-state index contributed by atoms with van der Waals surface area (Å²) in [7, 11) is 0. The highest BCUT2D eigenvalue weighted by Gasteiger charge is 2.53. The van der Waals surface area contributed by atoms with Crippen molar-refractivity contribution in [2.24, 2.45) is 0 Å². The van der Waals surface area contributed by atoms with E-state index in [0.717, 1.165) is 36.3 Å². The van der Waals surface area contributed by atoms with Crippen LogP contribution in [0.3, 0.4) is 0 Å². The lowest BCUT2D eigenvalue weighted by molar-refractivity contribution is -0.139. The van der Waals surface area contributed by atoms with Crippen LogP contribution < -0.4 is 5.32 Å². The van der Waals surface area contributed by atoms with Gasteiger partial charge in [0.15, 0.2) is 5.69 Å². The topological polar surface area (TPSA) is 88.5 Å². The summed E-state index contributed by atoms with van der Waals surface area (Å²) in [6.45, 7) is 1.79. The third kappa shape index (κ3) is 4.42. The van der Waals surface area contributed by atoms with Crippen molar-refractivity contribution in [2.45, 2.75) is 31.3 Å². The van der Waals surface area contributed by atoms with Crippen molar-refractivity contribution in [3.63, 3.8) is 0 Å². The standard InChI is InChI=1S/C24H17ClN2O4S3/c1-13(14-5-3-2-4-6-14)31-23(30)26-20-16(27-34-21(20)25)8-7-15-11-17-18(32-15)12-19(33-17)24(9-10-24)22(28)29/h2-6,11-13H,9-10H2,1H3,(H,26,30)(H,28,29). The highest BCUT2D eigenvalue weighted by molar-refractivity contribution is 7.28. The number of thiophene rings is 2. The first-order valence-corrected chi connectivity index (χ1v) is 13.1. The molecule has 0 bridgehead atoms. The molecule has 0 spiro atoms. The summed E-state index contributed by atoms with van der Waals surface area (Å²) in [5, 5.41) is 12.2. The molecule has 1 amide bonds. The van der Waals surface area contributed by atoms with E-state index in [1.54, 1.807) is 6.92 Å². The molecule has 3 heterocycles. The molecule has 1 aliphatic rings. The summed E-state index contributed by atoms with van der Waals surface area (Å²) in [5.41, 5.74) is 0.866. The summed E-state index contributed by atoms with van der Waals surface area (Å²) >= 11 is 10.3. The zero-order chi connectivity index (χ0) is 23.9. The molecule has 5 rings (SSSR count). The van der Waals surface area contributed by atoms with Crippen LogP contribution in [0.15, 0.2) is 42.5 Å². The van der Waals surface area contributed by atoms with Gasteiger partial charge in [-0.1, -0.05) is 41.9 Å². The second-order valence-corrected chi connectivity index (χ2v) is 11.4. The molecule has 0 aliphatic heterocycles. The quantitative estimate of drug-likeness (QED) is 0.275. The lowest BCUT2D eigenvalue weighted by Crippen LogP contribution is -2.17. The lowest BCUT2D eigenvalue weighted by atomic mass is 10.1. The third-order valence-electron chi connectivity index (χ3n) is 5.57. The Labute approximate surface area is 212 Å². The first-order valence-electron chi connectivity index (χ1n) is 10.3. The van der Waals surface area contributed by atoms with Crippen molar-refractivity contribution in [3.8, 4) is 11.8 Å². The van der Waals surface area contributed by atoms with Crippen LogP contribution in [0.2, 0.25) is 4.34 Å². The fraction of sp³-hybridized carbons (Fsp3) is 0.208. The van der Waals surface area contributed by atoms with E-state index in [2.05, 4.69) is 21.5 Å². The first-order chi connectivity index (χ1) is 16.4. The molecule has 3 aromatic heterocycles. The molecular weight excluding hydrogens is 512 g/mol. The van der Waals surface area contributed by atoms with Gasteiger partial charge >= 0.3 is 12.1 Å². The molecule has 4 aromatic rings. The Morgan fingerprint density at radius 1 is 1.18 bits per heavy atom. The fourth-order valence-corrected chi connectivity index (χ4v) is 6.77. The molecule has 2 N–H and O–H groups in total. The zero-order valence-corrected chi connectivity index (χ0v) is 21.0. The van der Waals surface area contributed by atoms with E-state index in [0.29, 0.717) is 28.6 Å². The predicted octanol–water partition coefficient (Wildman–Crippen LogP) is 6.90. The summed E-state index contributed by atoms with van der Waals surface area (Å²) in [4.78, 5) is 25.7. The van der Waals surface area contributed by atoms with Gasteiger partial charge in [0.1, 0.15) is 21.5 Å². The Morgan fingerprint density at radius 3 is 2.59 bits per heavy atom. The second kappa shape index (κ2) is 9.04. The van der Waals surface area contributed by atoms with E-state index in [1.165, 1.54) is 22.7 Å². The molecule has 172 valence electrons. The molecule has 1 aromatic carbocycles. The zero-order valence-electron chi connectivity index (χ0n) is 17.8. The van der Waals surface area contributed by atoms with Gasteiger partial charge in [-0.05, 0) is 60.8 Å². The molecule has 1 saturated carbocycles. The number of ether oxygens (including phenoxy) is 1. The van der Waals surface area contributed by atoms with Crippen molar-refractivity contribution < 1.29 is 19.4 Å². The van der Waals surface area contributed by atoms with E-state index in [9.17, 15) is 14.7 Å². The van der Waals surface area contributed by atoms with Gasteiger partial charge in [0.25, 0.3) is 0 Å². The van der Waals surface area contributed by atoms with E-state index >= 15 is 0 Å². The number of carbonyl (C=O) groups excluding carboxylic acids is 1. The number of nitrogens with zero attached hydrogens (tertiary/aromatic N) is 1. The van der Waals surface area contributed by atoms with E-state index < -0.39 is 23.6 Å². The van der Waals surface area contributed by atoms with Crippen molar-refractivity contribution in [1.29, 1.82) is 0 Å². The summed E-state index contributed by atoms with van der Waals surface area (Å²) in [5.74, 6) is 5.31. The maximum Gasteiger partial charge on any atom is 0.412 e. The van der Waals surface area contributed by atoms with Gasteiger partial charge in [-0.3, -0.25) is 10.1 Å². The maximum atomic E-state index is 12.4. The second-order valence-electron chi connectivity index (χ2n) is 7.85. The molecule has 1 fully saturated rings. The predicted molar refractivity (Wildman–Crippen MR) is 136 cm³/mol. The Balaban J connectivity index is 1.30. The monoisotopic (exact) mass is 528 g/mol. The third-order valence-corrected chi connectivity index (χ3v) is 9.02. The molecule has 1 atom stereocenters. The van der Waals surface area contributed by atoms with E-state index in [1.807, 2.05) is 42.5 Å². The number of fused-ring (bicyclic) bond motifs is 1.